The Morgan fingerprint density at radius 2 is 1.48 bits per heavy atom. The molecule has 0 bridgehead atoms. The van der Waals surface area contributed by atoms with Crippen LogP contribution in [0.1, 0.15) is 46.6 Å². The van der Waals surface area contributed by atoms with Gasteiger partial charge in [0.05, 0.1) is 0 Å². The first kappa shape index (κ1) is 17.4. The fraction of sp³-hybridized carbons (Fsp3) is 0.556. The van der Waals surface area contributed by atoms with Gasteiger partial charge in [-0.1, -0.05) is 37.3 Å². The highest BCUT2D eigenvalue weighted by Gasteiger charge is 2.24. The Kier molecular flexibility index (Phi) is 6.60. The maximum absolute atomic E-state index is 12.4. The van der Waals surface area contributed by atoms with E-state index in [4.69, 9.17) is 0 Å². The molecule has 0 aliphatic carbocycles. The lowest BCUT2D eigenvalue weighted by Crippen LogP contribution is -2.43. The highest BCUT2D eigenvalue weighted by atomic mass is 16.2. The Morgan fingerprint density at radius 1 is 0.952 bits per heavy atom. The average Bonchev–Trinajstić information content (AvgIpc) is 2.38. The number of carbonyl (C=O) groups is 2. The molecule has 0 saturated carbocycles. The second-order valence-electron chi connectivity index (χ2n) is 6.22. The highest BCUT2D eigenvalue weighted by molar-refractivity contribution is 5.88. The van der Waals surface area contributed by atoms with Gasteiger partial charge in [0, 0.05) is 30.8 Å². The van der Waals surface area contributed by atoms with Gasteiger partial charge < -0.3 is 4.90 Å². The predicted octanol–water partition coefficient (Wildman–Crippen LogP) is 3.47. The van der Waals surface area contributed by atoms with Gasteiger partial charge in [-0.2, -0.15) is 0 Å². The van der Waals surface area contributed by atoms with E-state index in [1.807, 2.05) is 69.9 Å². The van der Waals surface area contributed by atoms with Gasteiger partial charge in [0.15, 0.2) is 0 Å². The minimum Gasteiger partial charge on any atom is -0.338 e. The molecule has 0 heterocycles. The van der Waals surface area contributed by atoms with Crippen molar-refractivity contribution in [1.82, 2.24) is 4.90 Å². The van der Waals surface area contributed by atoms with Crippen LogP contribution in [0.3, 0.4) is 0 Å². The van der Waals surface area contributed by atoms with E-state index >= 15 is 0 Å². The molecule has 0 aliphatic heterocycles. The second kappa shape index (κ2) is 7.96. The van der Waals surface area contributed by atoms with Crippen LogP contribution in [0.15, 0.2) is 30.3 Å². The fourth-order valence-electron chi connectivity index (χ4n) is 2.62. The molecule has 0 N–H and O–H groups in total. The summed E-state index contributed by atoms with van der Waals surface area (Å²) in [5.74, 6) is -0.0476. The summed E-state index contributed by atoms with van der Waals surface area (Å²) in [4.78, 5) is 26.5. The summed E-state index contributed by atoms with van der Waals surface area (Å²) in [6.07, 6.45) is 0.695. The van der Waals surface area contributed by atoms with Crippen LogP contribution in [0.5, 0.6) is 0 Å². The molecule has 1 unspecified atom stereocenters. The molecule has 1 amide bonds. The Balaban J connectivity index is 2.61. The van der Waals surface area contributed by atoms with Gasteiger partial charge in [-0.15, -0.1) is 0 Å². The molecule has 0 saturated heterocycles. The van der Waals surface area contributed by atoms with Crippen molar-refractivity contribution in [1.29, 1.82) is 0 Å². The van der Waals surface area contributed by atoms with Gasteiger partial charge in [0.2, 0.25) is 5.91 Å². The lowest BCUT2D eigenvalue weighted by molar-refractivity contribution is -0.138. The number of benzene rings is 1. The van der Waals surface area contributed by atoms with E-state index in [1.165, 1.54) is 0 Å². The van der Waals surface area contributed by atoms with E-state index in [9.17, 15) is 9.59 Å². The first-order valence-corrected chi connectivity index (χ1v) is 7.70. The Morgan fingerprint density at radius 3 is 1.95 bits per heavy atom. The minimum absolute atomic E-state index is 0.0638. The van der Waals surface area contributed by atoms with Crippen molar-refractivity contribution >= 4 is 11.7 Å². The molecular weight excluding hydrogens is 262 g/mol. The number of hydrogen-bond acceptors (Lipinski definition) is 2. The van der Waals surface area contributed by atoms with Crippen molar-refractivity contribution in [3.8, 4) is 0 Å². The topological polar surface area (TPSA) is 37.4 Å². The lowest BCUT2D eigenvalue weighted by atomic mass is 9.95. The van der Waals surface area contributed by atoms with Gasteiger partial charge in [0.25, 0.3) is 0 Å². The van der Waals surface area contributed by atoms with E-state index in [1.54, 1.807) is 0 Å². The molecule has 116 valence electrons. The standard InChI is InChI=1S/C18H27NO2/c1-13(2)19(14(3)4)18(21)11-15(5)17(20)12-16-9-7-6-8-10-16/h6-10,13-15H,11-12H2,1-5H3. The van der Waals surface area contributed by atoms with E-state index in [0.29, 0.717) is 12.8 Å². The van der Waals surface area contributed by atoms with Gasteiger partial charge in [-0.25, -0.2) is 0 Å². The van der Waals surface area contributed by atoms with Crippen LogP contribution in [0.4, 0.5) is 0 Å². The smallest absolute Gasteiger partial charge is 0.223 e. The quantitative estimate of drug-likeness (QED) is 0.770. The van der Waals surface area contributed by atoms with Gasteiger partial charge >= 0.3 is 0 Å². The molecule has 1 aromatic rings. The molecule has 0 radical (unpaired) electrons. The zero-order valence-corrected chi connectivity index (χ0v) is 13.8. The van der Waals surface area contributed by atoms with Crippen LogP contribution in [0.25, 0.3) is 0 Å². The van der Waals surface area contributed by atoms with Gasteiger partial charge in [0.1, 0.15) is 5.78 Å². The molecule has 0 fully saturated rings. The Labute approximate surface area is 128 Å². The predicted molar refractivity (Wildman–Crippen MR) is 86.1 cm³/mol. The van der Waals surface area contributed by atoms with Gasteiger partial charge in [-0.05, 0) is 33.3 Å². The first-order valence-electron chi connectivity index (χ1n) is 7.70. The van der Waals surface area contributed by atoms with Crippen molar-refractivity contribution in [2.45, 2.75) is 59.5 Å². The van der Waals surface area contributed by atoms with Crippen LogP contribution in [-0.4, -0.2) is 28.7 Å². The Hall–Kier alpha value is -1.64. The average molecular weight is 289 g/mol. The fourth-order valence-corrected chi connectivity index (χ4v) is 2.62. The van der Waals surface area contributed by atoms with Crippen LogP contribution in [0, 0.1) is 5.92 Å². The summed E-state index contributed by atoms with van der Waals surface area (Å²) in [7, 11) is 0. The summed E-state index contributed by atoms with van der Waals surface area (Å²) in [6, 6.07) is 10.0. The number of Topliss-reactive ketones (excluding diaryl/α,β-unsaturated/α-hetero) is 1. The number of amides is 1. The second-order valence-corrected chi connectivity index (χ2v) is 6.22. The third kappa shape index (κ3) is 5.33. The zero-order chi connectivity index (χ0) is 16.0. The van der Waals surface area contributed by atoms with E-state index in [2.05, 4.69) is 0 Å². The zero-order valence-electron chi connectivity index (χ0n) is 13.8. The molecule has 3 heteroatoms. The third-order valence-corrected chi connectivity index (χ3v) is 3.65. The molecular formula is C18H27NO2. The van der Waals surface area contributed by atoms with Gasteiger partial charge in [-0.3, -0.25) is 9.59 Å². The molecule has 0 spiro atoms. The van der Waals surface area contributed by atoms with Crippen molar-refractivity contribution in [2.24, 2.45) is 5.92 Å². The van der Waals surface area contributed by atoms with Crippen LogP contribution < -0.4 is 0 Å². The third-order valence-electron chi connectivity index (χ3n) is 3.65. The Bertz CT molecular complexity index is 457. The molecule has 1 atom stereocenters. The van der Waals surface area contributed by atoms with E-state index in [0.717, 1.165) is 5.56 Å². The summed E-state index contributed by atoms with van der Waals surface area (Å²) in [5, 5.41) is 0. The monoisotopic (exact) mass is 289 g/mol. The number of ketones is 1. The van der Waals surface area contributed by atoms with E-state index in [-0.39, 0.29) is 29.7 Å². The SMILES string of the molecule is CC(CC(=O)N(C(C)C)C(C)C)C(=O)Cc1ccccc1. The minimum atomic E-state index is -0.238. The maximum Gasteiger partial charge on any atom is 0.223 e. The van der Waals surface area contributed by atoms with Crippen LogP contribution in [0.2, 0.25) is 0 Å². The number of hydrogen-bond donors (Lipinski definition) is 0. The van der Waals surface area contributed by atoms with Crippen molar-refractivity contribution in [3.05, 3.63) is 35.9 Å². The van der Waals surface area contributed by atoms with Crippen molar-refractivity contribution in [3.63, 3.8) is 0 Å². The first-order chi connectivity index (χ1) is 9.82. The summed E-state index contributed by atoms with van der Waals surface area (Å²) < 4.78 is 0. The van der Waals surface area contributed by atoms with Crippen molar-refractivity contribution < 1.29 is 9.59 Å². The summed E-state index contributed by atoms with van der Waals surface area (Å²) in [6.45, 7) is 9.88. The van der Waals surface area contributed by atoms with Crippen LogP contribution in [-0.2, 0) is 16.0 Å². The number of rotatable bonds is 7. The molecule has 3 nitrogen and oxygen atoms in total. The maximum atomic E-state index is 12.4. The molecule has 0 aromatic heterocycles. The normalized spacial score (nSPS) is 12.5. The van der Waals surface area contributed by atoms with Crippen LogP contribution >= 0.6 is 0 Å². The summed E-state index contributed by atoms with van der Waals surface area (Å²) >= 11 is 0. The number of nitrogens with zero attached hydrogens (tertiary/aromatic N) is 1. The molecule has 1 aromatic carbocycles. The molecule has 1 rings (SSSR count). The largest absolute Gasteiger partial charge is 0.338 e. The highest BCUT2D eigenvalue weighted by Crippen LogP contribution is 2.14. The van der Waals surface area contributed by atoms with E-state index < -0.39 is 0 Å². The molecule has 0 aliphatic rings. The summed E-state index contributed by atoms with van der Waals surface area (Å²) in [5.41, 5.74) is 1.01. The van der Waals surface area contributed by atoms with Crippen molar-refractivity contribution in [2.75, 3.05) is 0 Å². The lowest BCUT2D eigenvalue weighted by Gasteiger charge is -2.31. The number of carbonyl (C=O) groups excluding carboxylic acids is 2. The molecule has 21 heavy (non-hydrogen) atoms.